The Morgan fingerprint density at radius 2 is 1.70 bits per heavy atom. The van der Waals surface area contributed by atoms with Gasteiger partial charge in [0.25, 0.3) is 0 Å². The van der Waals surface area contributed by atoms with Crippen molar-refractivity contribution in [1.82, 2.24) is 24.5 Å². The zero-order valence-corrected chi connectivity index (χ0v) is 12.4. The predicted octanol–water partition coefficient (Wildman–Crippen LogP) is 2.02. The monoisotopic (exact) mass is 305 g/mol. The molecule has 0 aliphatic heterocycles. The number of imidazole rings is 1. The van der Waals surface area contributed by atoms with Crippen LogP contribution in [0.3, 0.4) is 0 Å². The molecule has 0 saturated heterocycles. The van der Waals surface area contributed by atoms with Gasteiger partial charge in [-0.05, 0) is 23.3 Å². The first-order chi connectivity index (χ1) is 11.3. The van der Waals surface area contributed by atoms with Crippen LogP contribution in [0.2, 0.25) is 0 Å². The van der Waals surface area contributed by atoms with Gasteiger partial charge in [-0.25, -0.2) is 9.48 Å². The predicted molar refractivity (Wildman–Crippen MR) is 87.2 cm³/mol. The van der Waals surface area contributed by atoms with E-state index in [4.69, 9.17) is 0 Å². The number of nitrogens with one attached hydrogen (secondary N) is 1. The minimum absolute atomic E-state index is 0.0853. The Bertz CT molecular complexity index is 980. The molecule has 0 atom stereocenters. The number of nitrogens with zero attached hydrogens (tertiary/aromatic N) is 4. The Labute approximate surface area is 132 Å². The highest BCUT2D eigenvalue weighted by molar-refractivity contribution is 5.75. The third kappa shape index (κ3) is 2.66. The van der Waals surface area contributed by atoms with Crippen molar-refractivity contribution < 1.29 is 0 Å². The molecule has 0 amide bonds. The molecule has 2 aromatic carbocycles. The number of rotatable bonds is 4. The SMILES string of the molecule is O=c1[nH]c2ccccc2n1Cc1ccc(Cn2ccnn2)cc1. The highest BCUT2D eigenvalue weighted by atomic mass is 16.1. The molecule has 0 radical (unpaired) electrons. The molecular weight excluding hydrogens is 290 g/mol. The van der Waals surface area contributed by atoms with Gasteiger partial charge in [0.05, 0.1) is 30.3 Å². The van der Waals surface area contributed by atoms with Crippen LogP contribution in [0.5, 0.6) is 0 Å². The molecule has 2 aromatic heterocycles. The van der Waals surface area contributed by atoms with Crippen molar-refractivity contribution in [3.63, 3.8) is 0 Å². The molecule has 6 nitrogen and oxygen atoms in total. The summed E-state index contributed by atoms with van der Waals surface area (Å²) in [5.74, 6) is 0. The quantitative estimate of drug-likeness (QED) is 0.627. The second kappa shape index (κ2) is 5.57. The molecule has 4 rings (SSSR count). The van der Waals surface area contributed by atoms with Crippen LogP contribution < -0.4 is 5.69 Å². The lowest BCUT2D eigenvalue weighted by Crippen LogP contribution is -2.17. The van der Waals surface area contributed by atoms with Gasteiger partial charge in [0.1, 0.15) is 0 Å². The third-order valence-electron chi connectivity index (χ3n) is 3.86. The largest absolute Gasteiger partial charge is 0.326 e. The Morgan fingerprint density at radius 3 is 2.43 bits per heavy atom. The van der Waals surface area contributed by atoms with Gasteiger partial charge in [0.15, 0.2) is 0 Å². The molecule has 0 fully saturated rings. The lowest BCUT2D eigenvalue weighted by Gasteiger charge is -2.06. The van der Waals surface area contributed by atoms with E-state index < -0.39 is 0 Å². The van der Waals surface area contributed by atoms with E-state index >= 15 is 0 Å². The highest BCUT2D eigenvalue weighted by Gasteiger charge is 2.06. The van der Waals surface area contributed by atoms with E-state index in [9.17, 15) is 4.79 Å². The van der Waals surface area contributed by atoms with Crippen LogP contribution in [0.15, 0.2) is 65.7 Å². The molecule has 0 aliphatic carbocycles. The van der Waals surface area contributed by atoms with Crippen LogP contribution >= 0.6 is 0 Å². The number of hydrogen-bond acceptors (Lipinski definition) is 3. The summed E-state index contributed by atoms with van der Waals surface area (Å²) in [6, 6.07) is 15.9. The summed E-state index contributed by atoms with van der Waals surface area (Å²) in [5, 5.41) is 7.75. The molecule has 1 N–H and O–H groups in total. The Balaban J connectivity index is 1.59. The van der Waals surface area contributed by atoms with Crippen molar-refractivity contribution in [2.24, 2.45) is 0 Å². The van der Waals surface area contributed by atoms with Gasteiger partial charge in [-0.15, -0.1) is 5.10 Å². The molecule has 6 heteroatoms. The lowest BCUT2D eigenvalue weighted by molar-refractivity contribution is 0.649. The van der Waals surface area contributed by atoms with E-state index in [0.717, 1.165) is 22.2 Å². The third-order valence-corrected chi connectivity index (χ3v) is 3.86. The van der Waals surface area contributed by atoms with E-state index in [1.54, 1.807) is 15.4 Å². The van der Waals surface area contributed by atoms with Crippen LogP contribution in [-0.2, 0) is 13.1 Å². The molecule has 0 spiro atoms. The summed E-state index contributed by atoms with van der Waals surface area (Å²) < 4.78 is 3.53. The molecule has 0 bridgehead atoms. The molecule has 0 unspecified atom stereocenters. The van der Waals surface area contributed by atoms with Crippen LogP contribution in [0.1, 0.15) is 11.1 Å². The molecule has 0 aliphatic rings. The maximum Gasteiger partial charge on any atom is 0.326 e. The van der Waals surface area contributed by atoms with Gasteiger partial charge in [-0.1, -0.05) is 41.6 Å². The molecule has 114 valence electrons. The minimum atomic E-state index is -0.0853. The molecule has 23 heavy (non-hydrogen) atoms. The first-order valence-electron chi connectivity index (χ1n) is 7.39. The van der Waals surface area contributed by atoms with E-state index in [2.05, 4.69) is 27.4 Å². The van der Waals surface area contributed by atoms with E-state index in [1.807, 2.05) is 42.6 Å². The first kappa shape index (κ1) is 13.5. The summed E-state index contributed by atoms with van der Waals surface area (Å²) in [6.45, 7) is 1.24. The Kier molecular flexibility index (Phi) is 3.27. The van der Waals surface area contributed by atoms with Crippen molar-refractivity contribution in [2.75, 3.05) is 0 Å². The number of aromatic amines is 1. The van der Waals surface area contributed by atoms with Crippen LogP contribution in [0.4, 0.5) is 0 Å². The zero-order chi connectivity index (χ0) is 15.6. The number of H-pyrrole nitrogens is 1. The summed E-state index contributed by atoms with van der Waals surface area (Å²) in [4.78, 5) is 15.0. The van der Waals surface area contributed by atoms with Crippen LogP contribution in [-0.4, -0.2) is 24.5 Å². The summed E-state index contributed by atoms with van der Waals surface area (Å²) in [7, 11) is 0. The second-order valence-corrected chi connectivity index (χ2v) is 5.45. The fraction of sp³-hybridized carbons (Fsp3) is 0.118. The Morgan fingerprint density at radius 1 is 0.957 bits per heavy atom. The minimum Gasteiger partial charge on any atom is -0.306 e. The number of benzene rings is 2. The van der Waals surface area contributed by atoms with Gasteiger partial charge in [0, 0.05) is 6.20 Å². The van der Waals surface area contributed by atoms with Crippen LogP contribution in [0, 0.1) is 0 Å². The number of aromatic nitrogens is 5. The fourth-order valence-corrected chi connectivity index (χ4v) is 2.70. The van der Waals surface area contributed by atoms with Crippen molar-refractivity contribution in [1.29, 1.82) is 0 Å². The fourth-order valence-electron chi connectivity index (χ4n) is 2.70. The van der Waals surface area contributed by atoms with E-state index in [0.29, 0.717) is 13.1 Å². The average molecular weight is 305 g/mol. The van der Waals surface area contributed by atoms with Crippen molar-refractivity contribution in [3.8, 4) is 0 Å². The summed E-state index contributed by atoms with van der Waals surface area (Å²) in [6.07, 6.45) is 3.50. The van der Waals surface area contributed by atoms with Crippen molar-refractivity contribution >= 4 is 11.0 Å². The second-order valence-electron chi connectivity index (χ2n) is 5.45. The lowest BCUT2D eigenvalue weighted by atomic mass is 10.1. The number of fused-ring (bicyclic) bond motifs is 1. The van der Waals surface area contributed by atoms with E-state index in [1.165, 1.54) is 0 Å². The standard InChI is InChI=1S/C17H15N5O/c23-17-19-15-3-1-2-4-16(15)22(17)12-14-7-5-13(6-8-14)11-21-10-9-18-20-21/h1-10H,11-12H2,(H,19,23). The van der Waals surface area contributed by atoms with Gasteiger partial charge in [-0.2, -0.15) is 0 Å². The van der Waals surface area contributed by atoms with E-state index in [-0.39, 0.29) is 5.69 Å². The normalized spacial score (nSPS) is 11.1. The zero-order valence-electron chi connectivity index (χ0n) is 12.4. The van der Waals surface area contributed by atoms with Crippen molar-refractivity contribution in [3.05, 3.63) is 82.5 Å². The van der Waals surface area contributed by atoms with Gasteiger partial charge < -0.3 is 4.98 Å². The Hall–Kier alpha value is -3.15. The maximum absolute atomic E-state index is 12.1. The van der Waals surface area contributed by atoms with Gasteiger partial charge in [-0.3, -0.25) is 4.57 Å². The topological polar surface area (TPSA) is 68.5 Å². The molecule has 4 aromatic rings. The number of hydrogen-bond donors (Lipinski definition) is 1. The highest BCUT2D eigenvalue weighted by Crippen LogP contribution is 2.12. The maximum atomic E-state index is 12.1. The smallest absolute Gasteiger partial charge is 0.306 e. The summed E-state index contributed by atoms with van der Waals surface area (Å²) >= 11 is 0. The van der Waals surface area contributed by atoms with Gasteiger partial charge in [0.2, 0.25) is 0 Å². The summed E-state index contributed by atoms with van der Waals surface area (Å²) in [5.41, 5.74) is 3.92. The van der Waals surface area contributed by atoms with Gasteiger partial charge >= 0.3 is 5.69 Å². The molecular formula is C17H15N5O. The molecule has 2 heterocycles. The molecule has 0 saturated carbocycles. The number of para-hydroxylation sites is 2. The van der Waals surface area contributed by atoms with Crippen molar-refractivity contribution in [2.45, 2.75) is 13.1 Å². The van der Waals surface area contributed by atoms with Crippen LogP contribution in [0.25, 0.3) is 11.0 Å². The first-order valence-corrected chi connectivity index (χ1v) is 7.39. The average Bonchev–Trinajstić information content (AvgIpc) is 3.18.